The van der Waals surface area contributed by atoms with Crippen molar-refractivity contribution in [1.82, 2.24) is 10.3 Å². The molecular weight excluding hydrogens is 314 g/mol. The van der Waals surface area contributed by atoms with Crippen molar-refractivity contribution in [3.8, 4) is 0 Å². The van der Waals surface area contributed by atoms with Gasteiger partial charge in [-0.15, -0.1) is 0 Å². The number of hydrogen-bond acceptors (Lipinski definition) is 4. The molecule has 0 aliphatic heterocycles. The van der Waals surface area contributed by atoms with E-state index >= 15 is 0 Å². The minimum atomic E-state index is -0.490. The Bertz CT molecular complexity index is 527. The molecule has 0 fully saturated rings. The molecular formula is C17H28ClN3O2. The molecule has 0 saturated heterocycles. The third-order valence-corrected chi connectivity index (χ3v) is 3.68. The summed E-state index contributed by atoms with van der Waals surface area (Å²) >= 11 is 6.10. The second-order valence-corrected chi connectivity index (χ2v) is 7.48. The Labute approximate surface area is 144 Å². The number of rotatable bonds is 6. The number of anilines is 1. The molecule has 6 heteroatoms. The van der Waals surface area contributed by atoms with Crippen LogP contribution in [0.3, 0.4) is 0 Å². The van der Waals surface area contributed by atoms with Crippen molar-refractivity contribution in [3.63, 3.8) is 0 Å². The number of ether oxygens (including phenoxy) is 1. The van der Waals surface area contributed by atoms with E-state index in [1.807, 2.05) is 33.8 Å². The van der Waals surface area contributed by atoms with Crippen LogP contribution in [0.1, 0.15) is 40.2 Å². The topological polar surface area (TPSA) is 63.2 Å². The van der Waals surface area contributed by atoms with Crippen LogP contribution in [-0.2, 0) is 4.74 Å². The van der Waals surface area contributed by atoms with Crippen molar-refractivity contribution in [2.75, 3.05) is 18.4 Å². The van der Waals surface area contributed by atoms with Crippen molar-refractivity contribution in [2.24, 2.45) is 11.8 Å². The van der Waals surface area contributed by atoms with Gasteiger partial charge in [0.2, 0.25) is 0 Å². The minimum Gasteiger partial charge on any atom is -0.444 e. The van der Waals surface area contributed by atoms with E-state index in [1.54, 1.807) is 6.20 Å². The van der Waals surface area contributed by atoms with Gasteiger partial charge in [0.1, 0.15) is 5.60 Å². The van der Waals surface area contributed by atoms with Crippen molar-refractivity contribution in [3.05, 3.63) is 23.0 Å². The predicted octanol–water partition coefficient (Wildman–Crippen LogP) is 4.25. The lowest BCUT2D eigenvalue weighted by atomic mass is 9.95. The Kier molecular flexibility index (Phi) is 7.13. The highest BCUT2D eigenvalue weighted by Crippen LogP contribution is 2.21. The Morgan fingerprint density at radius 3 is 2.57 bits per heavy atom. The van der Waals surface area contributed by atoms with Gasteiger partial charge in [-0.25, -0.2) is 9.78 Å². The first-order valence-electron chi connectivity index (χ1n) is 7.91. The maximum atomic E-state index is 11.8. The fourth-order valence-corrected chi connectivity index (χ4v) is 2.16. The molecule has 1 heterocycles. The molecule has 0 aromatic carbocycles. The summed E-state index contributed by atoms with van der Waals surface area (Å²) in [5, 5.41) is 6.61. The van der Waals surface area contributed by atoms with Gasteiger partial charge in [-0.2, -0.15) is 0 Å². The van der Waals surface area contributed by atoms with Crippen LogP contribution >= 0.6 is 11.6 Å². The van der Waals surface area contributed by atoms with E-state index in [0.29, 0.717) is 24.2 Å². The Morgan fingerprint density at radius 2 is 2.00 bits per heavy atom. The molecule has 0 spiro atoms. The summed E-state index contributed by atoms with van der Waals surface area (Å²) in [5.74, 6) is 0.646. The molecule has 1 aromatic heterocycles. The average Bonchev–Trinajstić information content (AvgIpc) is 2.40. The van der Waals surface area contributed by atoms with Crippen LogP contribution < -0.4 is 10.6 Å². The molecule has 0 saturated carbocycles. The van der Waals surface area contributed by atoms with Crippen LogP contribution in [0.2, 0.25) is 5.15 Å². The minimum absolute atomic E-state index is 0.249. The second-order valence-electron chi connectivity index (χ2n) is 7.12. The smallest absolute Gasteiger partial charge is 0.407 e. The highest BCUT2D eigenvalue weighted by molar-refractivity contribution is 6.31. The Morgan fingerprint density at radius 1 is 1.35 bits per heavy atom. The molecule has 130 valence electrons. The summed E-state index contributed by atoms with van der Waals surface area (Å²) in [6.45, 7) is 13.0. The summed E-state index contributed by atoms with van der Waals surface area (Å²) in [4.78, 5) is 15.9. The van der Waals surface area contributed by atoms with Crippen LogP contribution in [0.25, 0.3) is 0 Å². The number of pyridine rings is 1. The number of halogens is 1. The third-order valence-electron chi connectivity index (χ3n) is 3.38. The van der Waals surface area contributed by atoms with Gasteiger partial charge >= 0.3 is 6.09 Å². The van der Waals surface area contributed by atoms with E-state index in [4.69, 9.17) is 16.3 Å². The molecule has 1 aromatic rings. The number of hydrogen-bond donors (Lipinski definition) is 2. The van der Waals surface area contributed by atoms with Crippen LogP contribution in [0, 0.1) is 18.8 Å². The monoisotopic (exact) mass is 341 g/mol. The molecule has 1 atom stereocenters. The van der Waals surface area contributed by atoms with Gasteiger partial charge in [-0.05, 0) is 51.2 Å². The summed E-state index contributed by atoms with van der Waals surface area (Å²) in [6.07, 6.45) is 1.34. The van der Waals surface area contributed by atoms with E-state index in [0.717, 1.165) is 11.3 Å². The number of aryl methyl sites for hydroxylation is 1. The zero-order valence-corrected chi connectivity index (χ0v) is 15.6. The predicted molar refractivity (Wildman–Crippen MR) is 95.0 cm³/mol. The van der Waals surface area contributed by atoms with Crippen molar-refractivity contribution in [1.29, 1.82) is 0 Å². The molecule has 2 N–H and O–H groups in total. The first-order chi connectivity index (χ1) is 10.6. The third kappa shape index (κ3) is 7.55. The first kappa shape index (κ1) is 19.6. The molecule has 0 bridgehead atoms. The standard InChI is InChI=1S/C17H28ClN3O2/c1-11(2)13(10-21-16(22)23-17(4,5)6)9-19-14-7-12(3)8-20-15(14)18/h7-8,11,13,19H,9-10H2,1-6H3,(H,21,22). The van der Waals surface area contributed by atoms with Crippen LogP contribution in [0.15, 0.2) is 12.3 Å². The van der Waals surface area contributed by atoms with E-state index < -0.39 is 11.7 Å². The molecule has 1 unspecified atom stereocenters. The lowest BCUT2D eigenvalue weighted by Gasteiger charge is -2.24. The lowest BCUT2D eigenvalue weighted by Crippen LogP contribution is -2.38. The van der Waals surface area contributed by atoms with Crippen molar-refractivity contribution < 1.29 is 9.53 Å². The van der Waals surface area contributed by atoms with Crippen LogP contribution in [0.5, 0.6) is 0 Å². The number of nitrogens with one attached hydrogen (secondary N) is 2. The number of carbonyl (C=O) groups excluding carboxylic acids is 1. The van der Waals surface area contributed by atoms with E-state index in [-0.39, 0.29) is 5.92 Å². The molecule has 0 aliphatic carbocycles. The SMILES string of the molecule is Cc1cnc(Cl)c(NCC(CNC(=O)OC(C)(C)C)C(C)C)c1. The highest BCUT2D eigenvalue weighted by Gasteiger charge is 2.19. The van der Waals surface area contributed by atoms with E-state index in [1.165, 1.54) is 0 Å². The molecule has 0 aliphatic rings. The molecule has 0 radical (unpaired) electrons. The number of nitrogens with zero attached hydrogens (tertiary/aromatic N) is 1. The second kappa shape index (κ2) is 8.39. The quantitative estimate of drug-likeness (QED) is 0.759. The molecule has 1 rings (SSSR count). The van der Waals surface area contributed by atoms with Gasteiger partial charge in [0.15, 0.2) is 5.15 Å². The van der Waals surface area contributed by atoms with Gasteiger partial charge in [-0.3, -0.25) is 0 Å². The molecule has 5 nitrogen and oxygen atoms in total. The van der Waals surface area contributed by atoms with Gasteiger partial charge < -0.3 is 15.4 Å². The highest BCUT2D eigenvalue weighted by atomic mass is 35.5. The number of carbonyl (C=O) groups is 1. The van der Waals surface area contributed by atoms with Crippen molar-refractivity contribution in [2.45, 2.75) is 47.1 Å². The maximum Gasteiger partial charge on any atom is 0.407 e. The normalized spacial score (nSPS) is 12.9. The first-order valence-corrected chi connectivity index (χ1v) is 8.29. The van der Waals surface area contributed by atoms with Gasteiger partial charge in [-0.1, -0.05) is 25.4 Å². The zero-order chi connectivity index (χ0) is 17.6. The largest absolute Gasteiger partial charge is 0.444 e. The fourth-order valence-electron chi connectivity index (χ4n) is 1.99. The van der Waals surface area contributed by atoms with Crippen molar-refractivity contribution >= 4 is 23.4 Å². The number of amides is 1. The van der Waals surface area contributed by atoms with Crippen LogP contribution in [0.4, 0.5) is 10.5 Å². The van der Waals surface area contributed by atoms with E-state index in [2.05, 4.69) is 29.5 Å². The van der Waals surface area contributed by atoms with Crippen LogP contribution in [-0.4, -0.2) is 29.8 Å². The number of aromatic nitrogens is 1. The molecule has 23 heavy (non-hydrogen) atoms. The summed E-state index contributed by atoms with van der Waals surface area (Å²) in [6, 6.07) is 1.97. The van der Waals surface area contributed by atoms with Gasteiger partial charge in [0, 0.05) is 19.3 Å². The van der Waals surface area contributed by atoms with Gasteiger partial charge in [0.05, 0.1) is 5.69 Å². The summed E-state index contributed by atoms with van der Waals surface area (Å²) in [7, 11) is 0. The van der Waals surface area contributed by atoms with Gasteiger partial charge in [0.25, 0.3) is 0 Å². The Balaban J connectivity index is 2.56. The molecule has 1 amide bonds. The maximum absolute atomic E-state index is 11.8. The fraction of sp³-hybridized carbons (Fsp3) is 0.647. The zero-order valence-electron chi connectivity index (χ0n) is 14.9. The van der Waals surface area contributed by atoms with E-state index in [9.17, 15) is 4.79 Å². The summed E-state index contributed by atoms with van der Waals surface area (Å²) < 4.78 is 5.26. The number of alkyl carbamates (subject to hydrolysis) is 1. The average molecular weight is 342 g/mol. The summed E-state index contributed by atoms with van der Waals surface area (Å²) in [5.41, 5.74) is 1.37. The lowest BCUT2D eigenvalue weighted by molar-refractivity contribution is 0.0516. The Hall–Kier alpha value is -1.49.